The van der Waals surface area contributed by atoms with Gasteiger partial charge < -0.3 is 14.8 Å². The molecule has 0 aliphatic carbocycles. The van der Waals surface area contributed by atoms with E-state index in [2.05, 4.69) is 40.3 Å². The van der Waals surface area contributed by atoms with Crippen molar-refractivity contribution >= 4 is 21.6 Å². The zero-order valence-electron chi connectivity index (χ0n) is 12.3. The normalized spacial score (nSPS) is 12.0. The van der Waals surface area contributed by atoms with Crippen molar-refractivity contribution in [1.29, 1.82) is 0 Å². The molecule has 2 aromatic rings. The number of benzene rings is 2. The second-order valence-corrected chi connectivity index (χ2v) is 5.61. The smallest absolute Gasteiger partial charge is 0.121 e. The highest BCUT2D eigenvalue weighted by Gasteiger charge is 2.08. The van der Waals surface area contributed by atoms with Crippen molar-refractivity contribution in [2.24, 2.45) is 0 Å². The second-order valence-electron chi connectivity index (χ2n) is 4.76. The molecule has 0 radical (unpaired) electrons. The van der Waals surface area contributed by atoms with E-state index in [4.69, 9.17) is 9.47 Å². The van der Waals surface area contributed by atoms with Crippen LogP contribution in [0.5, 0.6) is 5.75 Å². The van der Waals surface area contributed by atoms with Crippen LogP contribution in [0, 0.1) is 0 Å². The molecule has 0 aliphatic heterocycles. The van der Waals surface area contributed by atoms with Crippen molar-refractivity contribution in [3.8, 4) is 5.75 Å². The summed E-state index contributed by atoms with van der Waals surface area (Å²) in [5.41, 5.74) is 2.26. The summed E-state index contributed by atoms with van der Waals surface area (Å²) in [5.74, 6) is 0.844. The molecule has 112 valence electrons. The maximum absolute atomic E-state index is 5.62. The molecular weight excluding hydrogens is 330 g/mol. The van der Waals surface area contributed by atoms with Crippen LogP contribution in [0.2, 0.25) is 0 Å². The van der Waals surface area contributed by atoms with Gasteiger partial charge in [0.2, 0.25) is 0 Å². The lowest BCUT2D eigenvalue weighted by molar-refractivity contribution is 0.146. The highest BCUT2D eigenvalue weighted by atomic mass is 79.9. The van der Waals surface area contributed by atoms with Gasteiger partial charge in [-0.2, -0.15) is 0 Å². The lowest BCUT2D eigenvalue weighted by Gasteiger charge is -2.17. The van der Waals surface area contributed by atoms with E-state index in [0.29, 0.717) is 13.2 Å². The Morgan fingerprint density at radius 3 is 2.67 bits per heavy atom. The molecule has 1 N–H and O–H groups in total. The van der Waals surface area contributed by atoms with E-state index >= 15 is 0 Å². The molecule has 1 atom stereocenters. The molecule has 3 nitrogen and oxygen atoms in total. The van der Waals surface area contributed by atoms with Crippen molar-refractivity contribution in [2.75, 3.05) is 25.6 Å². The number of halogens is 1. The first-order chi connectivity index (χ1) is 10.2. The van der Waals surface area contributed by atoms with Crippen LogP contribution in [0.1, 0.15) is 18.5 Å². The fourth-order valence-corrected chi connectivity index (χ4v) is 2.70. The first kappa shape index (κ1) is 15.9. The number of ether oxygens (including phenoxy) is 2. The van der Waals surface area contributed by atoms with Crippen LogP contribution in [0.3, 0.4) is 0 Å². The van der Waals surface area contributed by atoms with Crippen molar-refractivity contribution < 1.29 is 9.47 Å². The molecule has 0 aliphatic rings. The third-order valence-corrected chi connectivity index (χ3v) is 3.87. The summed E-state index contributed by atoms with van der Waals surface area (Å²) in [6.07, 6.45) is 0. The summed E-state index contributed by atoms with van der Waals surface area (Å²) < 4.78 is 11.7. The Balaban J connectivity index is 2.02. The molecule has 0 bridgehead atoms. The lowest BCUT2D eigenvalue weighted by atomic mass is 10.1. The highest BCUT2D eigenvalue weighted by molar-refractivity contribution is 9.10. The Bertz CT molecular complexity index is 574. The first-order valence-corrected chi connectivity index (χ1v) is 7.73. The summed E-state index contributed by atoms with van der Waals surface area (Å²) in [5, 5.41) is 3.49. The predicted octanol–water partition coefficient (Wildman–Crippen LogP) is 4.65. The minimum absolute atomic E-state index is 0.204. The Hall–Kier alpha value is -1.52. The van der Waals surface area contributed by atoms with E-state index in [0.717, 1.165) is 15.9 Å². The van der Waals surface area contributed by atoms with Gasteiger partial charge in [0.25, 0.3) is 0 Å². The van der Waals surface area contributed by atoms with Gasteiger partial charge in [-0.1, -0.05) is 40.2 Å². The molecule has 2 rings (SSSR count). The van der Waals surface area contributed by atoms with Gasteiger partial charge >= 0.3 is 0 Å². The standard InChI is InChI=1S/C17H20BrNO2/c1-13(16-8-3-4-9-17(16)18)19-14-6-5-7-15(12-14)21-11-10-20-2/h3-9,12-13,19H,10-11H2,1-2H3. The van der Waals surface area contributed by atoms with Gasteiger partial charge in [0.15, 0.2) is 0 Å². The number of hydrogen-bond donors (Lipinski definition) is 1. The Kier molecular flexibility index (Phi) is 6.08. The van der Waals surface area contributed by atoms with Gasteiger partial charge in [-0.3, -0.25) is 0 Å². The maximum atomic E-state index is 5.62. The summed E-state index contributed by atoms with van der Waals surface area (Å²) >= 11 is 3.59. The van der Waals surface area contributed by atoms with E-state index in [1.807, 2.05) is 36.4 Å². The van der Waals surface area contributed by atoms with Gasteiger partial charge in [0, 0.05) is 29.4 Å². The Labute approximate surface area is 134 Å². The minimum Gasteiger partial charge on any atom is -0.491 e. The first-order valence-electron chi connectivity index (χ1n) is 6.93. The van der Waals surface area contributed by atoms with E-state index in [9.17, 15) is 0 Å². The van der Waals surface area contributed by atoms with Crippen molar-refractivity contribution in [3.05, 3.63) is 58.6 Å². The number of rotatable bonds is 7. The van der Waals surface area contributed by atoms with Crippen LogP contribution in [0.4, 0.5) is 5.69 Å². The van der Waals surface area contributed by atoms with Gasteiger partial charge in [-0.25, -0.2) is 0 Å². The van der Waals surface area contributed by atoms with E-state index in [1.54, 1.807) is 7.11 Å². The van der Waals surface area contributed by atoms with Gasteiger partial charge in [-0.15, -0.1) is 0 Å². The van der Waals surface area contributed by atoms with Crippen LogP contribution >= 0.6 is 15.9 Å². The summed E-state index contributed by atoms with van der Waals surface area (Å²) in [6, 6.07) is 16.4. The molecule has 1 unspecified atom stereocenters. The number of hydrogen-bond acceptors (Lipinski definition) is 3. The average Bonchev–Trinajstić information content (AvgIpc) is 2.48. The predicted molar refractivity (Wildman–Crippen MR) is 90.0 cm³/mol. The molecule has 4 heteroatoms. The van der Waals surface area contributed by atoms with Crippen molar-refractivity contribution in [1.82, 2.24) is 0 Å². The molecule has 0 fully saturated rings. The summed E-state index contributed by atoms with van der Waals surface area (Å²) in [7, 11) is 1.67. The van der Waals surface area contributed by atoms with E-state index in [1.165, 1.54) is 5.56 Å². The monoisotopic (exact) mass is 349 g/mol. The quantitative estimate of drug-likeness (QED) is 0.738. The SMILES string of the molecule is COCCOc1cccc(NC(C)c2ccccc2Br)c1. The average molecular weight is 350 g/mol. The zero-order chi connectivity index (χ0) is 15.1. The largest absolute Gasteiger partial charge is 0.491 e. The van der Waals surface area contributed by atoms with E-state index < -0.39 is 0 Å². The topological polar surface area (TPSA) is 30.5 Å². The molecule has 0 saturated heterocycles. The van der Waals surface area contributed by atoms with Crippen LogP contribution in [0.15, 0.2) is 53.0 Å². The Morgan fingerprint density at radius 1 is 1.10 bits per heavy atom. The number of methoxy groups -OCH3 is 1. The second kappa shape index (κ2) is 8.05. The number of nitrogens with one attached hydrogen (secondary N) is 1. The van der Waals surface area contributed by atoms with Crippen LogP contribution < -0.4 is 10.1 Å². The molecule has 0 heterocycles. The molecule has 0 aromatic heterocycles. The fraction of sp³-hybridized carbons (Fsp3) is 0.294. The zero-order valence-corrected chi connectivity index (χ0v) is 13.9. The van der Waals surface area contributed by atoms with Crippen molar-refractivity contribution in [2.45, 2.75) is 13.0 Å². The molecular formula is C17H20BrNO2. The highest BCUT2D eigenvalue weighted by Crippen LogP contribution is 2.27. The van der Waals surface area contributed by atoms with Gasteiger partial charge in [-0.05, 0) is 30.7 Å². The van der Waals surface area contributed by atoms with Gasteiger partial charge in [0.1, 0.15) is 12.4 Å². The Morgan fingerprint density at radius 2 is 1.90 bits per heavy atom. The third kappa shape index (κ3) is 4.76. The van der Waals surface area contributed by atoms with Gasteiger partial charge in [0.05, 0.1) is 6.61 Å². The molecule has 0 spiro atoms. The van der Waals surface area contributed by atoms with Crippen LogP contribution in [-0.2, 0) is 4.74 Å². The third-order valence-electron chi connectivity index (χ3n) is 3.15. The minimum atomic E-state index is 0.204. The van der Waals surface area contributed by atoms with Crippen LogP contribution in [-0.4, -0.2) is 20.3 Å². The van der Waals surface area contributed by atoms with E-state index in [-0.39, 0.29) is 6.04 Å². The summed E-state index contributed by atoms with van der Waals surface area (Å²) in [4.78, 5) is 0. The molecule has 0 saturated carbocycles. The molecule has 21 heavy (non-hydrogen) atoms. The fourth-order valence-electron chi connectivity index (χ4n) is 2.07. The van der Waals surface area contributed by atoms with Crippen molar-refractivity contribution in [3.63, 3.8) is 0 Å². The lowest BCUT2D eigenvalue weighted by Crippen LogP contribution is -2.08. The molecule has 2 aromatic carbocycles. The summed E-state index contributed by atoms with van der Waals surface area (Å²) in [6.45, 7) is 3.28. The van der Waals surface area contributed by atoms with Crippen LogP contribution in [0.25, 0.3) is 0 Å². The number of anilines is 1. The molecule has 0 amide bonds. The maximum Gasteiger partial charge on any atom is 0.121 e.